The van der Waals surface area contributed by atoms with E-state index in [4.69, 9.17) is 23.2 Å². The van der Waals surface area contributed by atoms with E-state index in [1.54, 1.807) is 4.90 Å². The van der Waals surface area contributed by atoms with Crippen molar-refractivity contribution in [3.05, 3.63) is 81.1 Å². The van der Waals surface area contributed by atoms with Crippen LogP contribution in [0.1, 0.15) is 24.8 Å². The molecule has 2 aromatic carbocycles. The maximum atomic E-state index is 14.7. The van der Waals surface area contributed by atoms with Gasteiger partial charge in [0.15, 0.2) is 0 Å². The highest BCUT2D eigenvalue weighted by Crippen LogP contribution is 2.41. The number of halogens is 4. The van der Waals surface area contributed by atoms with Gasteiger partial charge in [-0.2, -0.15) is 0 Å². The maximum absolute atomic E-state index is 14.7. The van der Waals surface area contributed by atoms with Gasteiger partial charge in [-0.1, -0.05) is 23.2 Å². The van der Waals surface area contributed by atoms with Crippen LogP contribution >= 0.6 is 23.2 Å². The minimum Gasteiger partial charge on any atom is -0.372 e. The van der Waals surface area contributed by atoms with Gasteiger partial charge in [0.1, 0.15) is 11.6 Å². The van der Waals surface area contributed by atoms with Gasteiger partial charge in [-0.15, -0.1) is 0 Å². The molecule has 2 aliphatic rings. The number of benzene rings is 2. The van der Waals surface area contributed by atoms with Gasteiger partial charge in [0.2, 0.25) is 5.91 Å². The van der Waals surface area contributed by atoms with E-state index in [9.17, 15) is 18.4 Å². The monoisotopic (exact) mass is 521 g/mol. The molecule has 2 aliphatic heterocycles. The third kappa shape index (κ3) is 5.27. The van der Waals surface area contributed by atoms with E-state index in [0.717, 1.165) is 29.5 Å². The second-order valence-electron chi connectivity index (χ2n) is 8.08. The summed E-state index contributed by atoms with van der Waals surface area (Å²) in [4.78, 5) is 27.5. The van der Waals surface area contributed by atoms with Gasteiger partial charge >= 0.3 is 6.03 Å². The van der Waals surface area contributed by atoms with E-state index in [1.807, 2.05) is 26.2 Å². The van der Waals surface area contributed by atoms with Crippen molar-refractivity contribution < 1.29 is 18.4 Å². The number of likely N-dealkylation sites (N-methyl/N-ethyl adjacent to an activating group) is 2. The summed E-state index contributed by atoms with van der Waals surface area (Å²) in [6.07, 6.45) is 4.04. The van der Waals surface area contributed by atoms with E-state index in [2.05, 4.69) is 21.3 Å². The lowest BCUT2D eigenvalue weighted by molar-refractivity contribution is -0.131. The number of nitrogens with one attached hydrogen (secondary N) is 4. The summed E-state index contributed by atoms with van der Waals surface area (Å²) in [6, 6.07) is 5.12. The molecule has 0 bridgehead atoms. The zero-order chi connectivity index (χ0) is 25.3. The number of fused-ring (bicyclic) bond motifs is 1. The Morgan fingerprint density at radius 1 is 1.17 bits per heavy atom. The predicted octanol–water partition coefficient (Wildman–Crippen LogP) is 5.17. The number of anilines is 2. The Labute approximate surface area is 211 Å². The molecule has 184 valence electrons. The topological polar surface area (TPSA) is 85.5 Å². The smallest absolute Gasteiger partial charge is 0.323 e. The lowest BCUT2D eigenvalue weighted by atomic mass is 9.84. The molecule has 7 nitrogen and oxygen atoms in total. The fraction of sp³-hybridized carbons (Fsp3) is 0.250. The lowest BCUT2D eigenvalue weighted by Gasteiger charge is -2.38. The standard InChI is InChI=1S/C24H23Cl2F2N5O2/c1-3-33-21-10-22(29-2)30-11-12(21)4-17(23(33)34)16-8-20(19(28)9-18(16)26)32-24(35)31-15-6-13(25)5-14(27)7-15/h5-11,17,22,29-30H,3-4H2,1-2H3,(H2,31,32,35). The summed E-state index contributed by atoms with van der Waals surface area (Å²) in [7, 11) is 1.81. The van der Waals surface area contributed by atoms with Crippen LogP contribution in [-0.2, 0) is 4.79 Å². The van der Waals surface area contributed by atoms with Crippen molar-refractivity contribution >= 4 is 46.5 Å². The number of allylic oxidation sites excluding steroid dienone is 1. The van der Waals surface area contributed by atoms with Crippen molar-refractivity contribution in [2.45, 2.75) is 25.4 Å². The summed E-state index contributed by atoms with van der Waals surface area (Å²) >= 11 is 12.2. The molecular formula is C24H23Cl2F2N5O2. The lowest BCUT2D eigenvalue weighted by Crippen LogP contribution is -2.45. The number of nitrogens with zero attached hydrogens (tertiary/aromatic N) is 1. The van der Waals surface area contributed by atoms with E-state index in [1.165, 1.54) is 12.1 Å². The van der Waals surface area contributed by atoms with Crippen molar-refractivity contribution in [3.8, 4) is 0 Å². The Bertz CT molecular complexity index is 1230. The minimum atomic E-state index is -0.813. The first-order valence-electron chi connectivity index (χ1n) is 10.9. The van der Waals surface area contributed by atoms with Crippen LogP contribution in [-0.4, -0.2) is 36.6 Å². The molecule has 1 saturated heterocycles. The third-order valence-electron chi connectivity index (χ3n) is 5.83. The molecule has 0 saturated carbocycles. The number of rotatable bonds is 5. The van der Waals surface area contributed by atoms with Crippen LogP contribution in [0.4, 0.5) is 25.0 Å². The van der Waals surface area contributed by atoms with Gasteiger partial charge in [-0.3, -0.25) is 10.1 Å². The van der Waals surface area contributed by atoms with Gasteiger partial charge in [0.25, 0.3) is 0 Å². The summed E-state index contributed by atoms with van der Waals surface area (Å²) in [6.45, 7) is 2.31. The predicted molar refractivity (Wildman–Crippen MR) is 132 cm³/mol. The van der Waals surface area contributed by atoms with E-state index in [-0.39, 0.29) is 33.5 Å². The Morgan fingerprint density at radius 2 is 1.94 bits per heavy atom. The van der Waals surface area contributed by atoms with E-state index >= 15 is 0 Å². The van der Waals surface area contributed by atoms with Crippen molar-refractivity contribution in [2.24, 2.45) is 0 Å². The van der Waals surface area contributed by atoms with Crippen molar-refractivity contribution in [1.82, 2.24) is 15.5 Å². The van der Waals surface area contributed by atoms with Crippen LogP contribution in [0, 0.1) is 11.6 Å². The largest absolute Gasteiger partial charge is 0.372 e. The first-order chi connectivity index (χ1) is 16.7. The summed E-state index contributed by atoms with van der Waals surface area (Å²) in [5.74, 6) is -2.27. The van der Waals surface area contributed by atoms with Gasteiger partial charge < -0.3 is 20.9 Å². The summed E-state index contributed by atoms with van der Waals surface area (Å²) in [5.41, 5.74) is 2.04. The number of urea groups is 1. The molecular weight excluding hydrogens is 499 g/mol. The fourth-order valence-corrected chi connectivity index (χ4v) is 4.70. The molecule has 0 aliphatic carbocycles. The van der Waals surface area contributed by atoms with Crippen LogP contribution < -0.4 is 21.3 Å². The molecule has 35 heavy (non-hydrogen) atoms. The molecule has 0 spiro atoms. The molecule has 2 aromatic rings. The first-order valence-corrected chi connectivity index (χ1v) is 11.6. The van der Waals surface area contributed by atoms with Crippen LogP contribution in [0.2, 0.25) is 10.0 Å². The van der Waals surface area contributed by atoms with Gasteiger partial charge in [-0.05, 0) is 67.9 Å². The number of hydrogen-bond donors (Lipinski definition) is 4. The number of piperidine rings is 1. The highest BCUT2D eigenvalue weighted by molar-refractivity contribution is 6.32. The van der Waals surface area contributed by atoms with Gasteiger partial charge in [0, 0.05) is 34.2 Å². The van der Waals surface area contributed by atoms with Crippen LogP contribution in [0.25, 0.3) is 0 Å². The Balaban J connectivity index is 1.60. The van der Waals surface area contributed by atoms with Crippen LogP contribution in [0.15, 0.2) is 53.9 Å². The molecule has 2 unspecified atom stereocenters. The molecule has 11 heteroatoms. The summed E-state index contributed by atoms with van der Waals surface area (Å²) < 4.78 is 28.2. The maximum Gasteiger partial charge on any atom is 0.323 e. The van der Waals surface area contributed by atoms with Gasteiger partial charge in [-0.25, -0.2) is 13.6 Å². The van der Waals surface area contributed by atoms with Crippen molar-refractivity contribution in [1.29, 1.82) is 0 Å². The second-order valence-corrected chi connectivity index (χ2v) is 8.93. The average Bonchev–Trinajstić information content (AvgIpc) is 2.79. The molecule has 1 fully saturated rings. The molecule has 2 atom stereocenters. The SMILES string of the molecule is CCN1C(=O)C(c2cc(NC(=O)Nc3cc(F)cc(Cl)c3)c(F)cc2Cl)CC2=CNC(NC)C=C21. The highest BCUT2D eigenvalue weighted by atomic mass is 35.5. The second kappa shape index (κ2) is 10.2. The molecule has 0 aromatic heterocycles. The van der Waals surface area contributed by atoms with Crippen LogP contribution in [0.5, 0.6) is 0 Å². The molecule has 4 N–H and O–H groups in total. The van der Waals surface area contributed by atoms with Crippen molar-refractivity contribution in [3.63, 3.8) is 0 Å². The third-order valence-corrected chi connectivity index (χ3v) is 6.37. The normalized spacial score (nSPS) is 19.4. The minimum absolute atomic E-state index is 0.0738. The van der Waals surface area contributed by atoms with Crippen LogP contribution in [0.3, 0.4) is 0 Å². The van der Waals surface area contributed by atoms with Gasteiger partial charge in [0.05, 0.1) is 17.8 Å². The van der Waals surface area contributed by atoms with E-state index in [0.29, 0.717) is 18.5 Å². The zero-order valence-corrected chi connectivity index (χ0v) is 20.4. The number of carbonyl (C=O) groups is 2. The number of carbonyl (C=O) groups excluding carboxylic acids is 2. The zero-order valence-electron chi connectivity index (χ0n) is 18.9. The molecule has 0 radical (unpaired) electrons. The Hall–Kier alpha value is -3.14. The van der Waals surface area contributed by atoms with Crippen molar-refractivity contribution in [2.75, 3.05) is 24.2 Å². The first kappa shape index (κ1) is 25.0. The Morgan fingerprint density at radius 3 is 2.63 bits per heavy atom. The number of hydrogen-bond acceptors (Lipinski definition) is 4. The highest BCUT2D eigenvalue weighted by Gasteiger charge is 2.38. The molecule has 2 heterocycles. The fourth-order valence-electron chi connectivity index (χ4n) is 4.19. The van der Waals surface area contributed by atoms with E-state index < -0.39 is 23.6 Å². The number of likely N-dealkylation sites (tertiary alicyclic amines) is 1. The summed E-state index contributed by atoms with van der Waals surface area (Å²) in [5, 5.41) is 11.3. The number of dihydropyridines is 1. The molecule has 4 rings (SSSR count). The quantitative estimate of drug-likeness (QED) is 0.437. The average molecular weight is 522 g/mol. The number of amides is 3. The molecule has 3 amide bonds. The Kier molecular flexibility index (Phi) is 7.30.